The number of nitrogen functional groups attached to an aromatic ring is 1. The number of fused-ring (bicyclic) bond motifs is 1. The van der Waals surface area contributed by atoms with Crippen LogP contribution in [0.2, 0.25) is 0 Å². The van der Waals surface area contributed by atoms with E-state index in [1.165, 1.54) is 0 Å². The Morgan fingerprint density at radius 3 is 2.52 bits per heavy atom. The van der Waals surface area contributed by atoms with E-state index >= 15 is 0 Å². The maximum Gasteiger partial charge on any atom is 0.245 e. The van der Waals surface area contributed by atoms with E-state index in [2.05, 4.69) is 15.0 Å². The minimum atomic E-state index is -0.638. The average molecular weight is 344 g/mol. The van der Waals surface area contributed by atoms with Gasteiger partial charge in [0.15, 0.2) is 17.0 Å². The second kappa shape index (κ2) is 7.16. The largest absolute Gasteiger partial charge is 0.493 e. The molecular weight excluding hydrogens is 327 g/mol. The summed E-state index contributed by atoms with van der Waals surface area (Å²) >= 11 is 0. The van der Waals surface area contributed by atoms with Crippen molar-refractivity contribution in [3.05, 3.63) is 30.3 Å². The van der Waals surface area contributed by atoms with Crippen molar-refractivity contribution in [1.29, 1.82) is 0 Å². The van der Waals surface area contributed by atoms with Crippen LogP contribution in [-0.4, -0.2) is 42.5 Å². The number of hydrogen-bond donors (Lipinski definition) is 1. The van der Waals surface area contributed by atoms with Crippen LogP contribution in [0.15, 0.2) is 30.3 Å². The molecule has 0 spiro atoms. The van der Waals surface area contributed by atoms with Gasteiger partial charge in [-0.25, -0.2) is 14.4 Å². The summed E-state index contributed by atoms with van der Waals surface area (Å²) in [7, 11) is 3.14. The van der Waals surface area contributed by atoms with Crippen LogP contribution in [0.3, 0.4) is 0 Å². The highest BCUT2D eigenvalue weighted by Crippen LogP contribution is 2.33. The van der Waals surface area contributed by atoms with E-state index in [0.717, 1.165) is 5.56 Å². The molecule has 0 saturated carbocycles. The molecule has 25 heavy (non-hydrogen) atoms. The zero-order valence-corrected chi connectivity index (χ0v) is 13.8. The minimum absolute atomic E-state index is 0.0435. The van der Waals surface area contributed by atoms with Crippen LogP contribution in [-0.2, 0) is 0 Å². The Kier molecular flexibility index (Phi) is 4.78. The Balaban J connectivity index is 2.10. The smallest absolute Gasteiger partial charge is 0.245 e. The highest BCUT2D eigenvalue weighted by molar-refractivity contribution is 5.83. The van der Waals surface area contributed by atoms with Gasteiger partial charge in [-0.05, 0) is 30.3 Å². The Labute approximate surface area is 143 Å². The maximum atomic E-state index is 12.4. The van der Waals surface area contributed by atoms with Gasteiger partial charge in [0, 0.05) is 5.56 Å². The molecule has 0 radical (unpaired) electrons. The van der Waals surface area contributed by atoms with Crippen molar-refractivity contribution in [2.24, 2.45) is 0 Å². The van der Waals surface area contributed by atoms with Crippen LogP contribution in [0.25, 0.3) is 22.3 Å². The van der Waals surface area contributed by atoms with Crippen molar-refractivity contribution in [2.75, 3.05) is 33.2 Å². The third-order valence-electron chi connectivity index (χ3n) is 3.52. The molecule has 0 saturated heterocycles. The molecule has 3 rings (SSSR count). The van der Waals surface area contributed by atoms with E-state index < -0.39 is 6.67 Å². The zero-order chi connectivity index (χ0) is 17.8. The summed E-state index contributed by atoms with van der Waals surface area (Å²) < 4.78 is 28.3. The first kappa shape index (κ1) is 16.7. The number of nitrogens with zero attached hydrogens (tertiary/aromatic N) is 3. The SMILES string of the molecule is COc1ccc(-c2ccc3nc(N)nc(OCCF)c3n2)cc1OC. The normalized spacial score (nSPS) is 10.7. The molecule has 2 heterocycles. The molecule has 0 amide bonds. The van der Waals surface area contributed by atoms with Gasteiger partial charge in [-0.15, -0.1) is 0 Å². The first-order chi connectivity index (χ1) is 12.2. The number of anilines is 1. The lowest BCUT2D eigenvalue weighted by Crippen LogP contribution is -2.05. The van der Waals surface area contributed by atoms with Crippen molar-refractivity contribution in [1.82, 2.24) is 15.0 Å². The van der Waals surface area contributed by atoms with Gasteiger partial charge in [-0.1, -0.05) is 0 Å². The fraction of sp³-hybridized carbons (Fsp3) is 0.235. The summed E-state index contributed by atoms with van der Waals surface area (Å²) in [5, 5.41) is 0. The summed E-state index contributed by atoms with van der Waals surface area (Å²) in [5.41, 5.74) is 8.06. The number of nitrogens with two attached hydrogens (primary N) is 1. The van der Waals surface area contributed by atoms with Gasteiger partial charge in [0.05, 0.1) is 25.4 Å². The summed E-state index contributed by atoms with van der Waals surface area (Å²) in [6.45, 7) is -0.769. The Morgan fingerprint density at radius 2 is 1.80 bits per heavy atom. The molecule has 0 atom stereocenters. The van der Waals surface area contributed by atoms with Gasteiger partial charge in [0.1, 0.15) is 13.3 Å². The molecule has 1 aromatic carbocycles. The third kappa shape index (κ3) is 3.37. The second-order valence-electron chi connectivity index (χ2n) is 5.06. The molecule has 0 fully saturated rings. The molecule has 0 aliphatic heterocycles. The minimum Gasteiger partial charge on any atom is -0.493 e. The summed E-state index contributed by atoms with van der Waals surface area (Å²) in [6, 6.07) is 9.02. The summed E-state index contributed by atoms with van der Waals surface area (Å²) in [6.07, 6.45) is 0. The molecule has 3 aromatic rings. The van der Waals surface area contributed by atoms with Crippen molar-refractivity contribution in [3.63, 3.8) is 0 Å². The number of aromatic nitrogens is 3. The summed E-state index contributed by atoms with van der Waals surface area (Å²) in [4.78, 5) is 12.7. The standard InChI is InChI=1S/C17H17FN4O3/c1-23-13-6-3-10(9-14(13)24-2)11-4-5-12-15(20-11)16(25-8-7-18)22-17(19)21-12/h3-6,9H,7-8H2,1-2H3,(H2,19,21,22). The van der Waals surface area contributed by atoms with Crippen LogP contribution < -0.4 is 19.9 Å². The number of rotatable bonds is 6. The monoisotopic (exact) mass is 344 g/mol. The van der Waals surface area contributed by atoms with E-state index in [1.54, 1.807) is 32.4 Å². The van der Waals surface area contributed by atoms with Crippen molar-refractivity contribution >= 4 is 17.0 Å². The van der Waals surface area contributed by atoms with E-state index in [-0.39, 0.29) is 18.4 Å². The van der Waals surface area contributed by atoms with Crippen LogP contribution in [0, 0.1) is 0 Å². The highest BCUT2D eigenvalue weighted by atomic mass is 19.1. The lowest BCUT2D eigenvalue weighted by atomic mass is 10.1. The number of hydrogen-bond acceptors (Lipinski definition) is 7. The number of ether oxygens (including phenoxy) is 3. The lowest BCUT2D eigenvalue weighted by Gasteiger charge is -2.11. The van der Waals surface area contributed by atoms with E-state index in [1.807, 2.05) is 12.1 Å². The van der Waals surface area contributed by atoms with Gasteiger partial charge < -0.3 is 19.9 Å². The van der Waals surface area contributed by atoms with Crippen LogP contribution in [0.4, 0.5) is 10.3 Å². The Bertz CT molecular complexity index is 904. The Hall–Kier alpha value is -3.16. The number of alkyl halides is 1. The van der Waals surface area contributed by atoms with Crippen molar-refractivity contribution in [3.8, 4) is 28.6 Å². The number of benzene rings is 1. The van der Waals surface area contributed by atoms with Crippen molar-refractivity contribution in [2.45, 2.75) is 0 Å². The first-order valence-electron chi connectivity index (χ1n) is 7.51. The molecule has 8 heteroatoms. The van der Waals surface area contributed by atoms with Gasteiger partial charge >= 0.3 is 0 Å². The molecule has 2 aromatic heterocycles. The number of halogens is 1. The quantitative estimate of drug-likeness (QED) is 0.735. The molecule has 130 valence electrons. The molecule has 7 nitrogen and oxygen atoms in total. The Morgan fingerprint density at radius 1 is 1.00 bits per heavy atom. The van der Waals surface area contributed by atoms with Gasteiger partial charge in [0.2, 0.25) is 11.8 Å². The molecule has 0 bridgehead atoms. The first-order valence-corrected chi connectivity index (χ1v) is 7.51. The van der Waals surface area contributed by atoms with E-state index in [9.17, 15) is 4.39 Å². The topological polar surface area (TPSA) is 92.4 Å². The second-order valence-corrected chi connectivity index (χ2v) is 5.06. The highest BCUT2D eigenvalue weighted by Gasteiger charge is 2.13. The molecule has 2 N–H and O–H groups in total. The fourth-order valence-corrected chi connectivity index (χ4v) is 2.40. The predicted octanol–water partition coefficient (Wildman–Crippen LogP) is 2.64. The lowest BCUT2D eigenvalue weighted by molar-refractivity contribution is 0.267. The summed E-state index contributed by atoms with van der Waals surface area (Å²) in [5.74, 6) is 1.41. The van der Waals surface area contributed by atoms with Gasteiger partial charge in [-0.3, -0.25) is 0 Å². The number of pyridine rings is 1. The zero-order valence-electron chi connectivity index (χ0n) is 13.8. The van der Waals surface area contributed by atoms with Crippen LogP contribution >= 0.6 is 0 Å². The molecular formula is C17H17FN4O3. The third-order valence-corrected chi connectivity index (χ3v) is 3.52. The predicted molar refractivity (Wildman–Crippen MR) is 91.8 cm³/mol. The molecule has 0 unspecified atom stereocenters. The van der Waals surface area contributed by atoms with E-state index in [4.69, 9.17) is 19.9 Å². The fourth-order valence-electron chi connectivity index (χ4n) is 2.40. The number of methoxy groups -OCH3 is 2. The average Bonchev–Trinajstić information content (AvgIpc) is 2.65. The van der Waals surface area contributed by atoms with Crippen molar-refractivity contribution < 1.29 is 18.6 Å². The maximum absolute atomic E-state index is 12.4. The molecule has 0 aliphatic rings. The molecule has 0 aliphatic carbocycles. The van der Waals surface area contributed by atoms with Crippen LogP contribution in [0.1, 0.15) is 0 Å². The van der Waals surface area contributed by atoms with Gasteiger partial charge in [-0.2, -0.15) is 4.98 Å². The van der Waals surface area contributed by atoms with Gasteiger partial charge in [0.25, 0.3) is 0 Å². The van der Waals surface area contributed by atoms with E-state index in [0.29, 0.717) is 28.2 Å². The van der Waals surface area contributed by atoms with Crippen LogP contribution in [0.5, 0.6) is 17.4 Å².